The monoisotopic (exact) mass is 326 g/mol. The maximum atomic E-state index is 12.2. The molecule has 0 spiro atoms. The summed E-state index contributed by atoms with van der Waals surface area (Å²) in [6, 6.07) is 6.45. The van der Waals surface area contributed by atoms with Gasteiger partial charge in [0.05, 0.1) is 31.3 Å². The van der Waals surface area contributed by atoms with E-state index in [1.165, 1.54) is 12.1 Å². The van der Waals surface area contributed by atoms with Crippen molar-refractivity contribution < 1.29 is 22.1 Å². The Balaban J connectivity index is 2.73. The lowest BCUT2D eigenvalue weighted by Gasteiger charge is -2.17. The molecule has 0 aliphatic rings. The van der Waals surface area contributed by atoms with Crippen LogP contribution in [0.3, 0.4) is 0 Å². The van der Waals surface area contributed by atoms with Crippen molar-refractivity contribution in [3.8, 4) is 0 Å². The summed E-state index contributed by atoms with van der Waals surface area (Å²) in [6.45, 7) is 9.76. The number of hydrogen-bond donors (Lipinski definition) is 0. The van der Waals surface area contributed by atoms with E-state index < -0.39 is 16.2 Å². The van der Waals surface area contributed by atoms with Crippen LogP contribution >= 0.6 is 0 Å². The van der Waals surface area contributed by atoms with E-state index in [9.17, 15) is 8.42 Å². The van der Waals surface area contributed by atoms with Crippen LogP contribution in [-0.4, -0.2) is 40.9 Å². The molecule has 0 amide bonds. The van der Waals surface area contributed by atoms with Gasteiger partial charge in [-0.1, -0.05) is 29.8 Å². The minimum absolute atomic E-state index is 0.0915. The zero-order valence-electron chi connectivity index (χ0n) is 12.7. The average molecular weight is 326 g/mol. The largest absolute Gasteiger partial charge is 0.375 e. The van der Waals surface area contributed by atoms with E-state index in [0.29, 0.717) is 13.2 Å². The highest BCUT2D eigenvalue weighted by atomic mass is 32.2. The van der Waals surface area contributed by atoms with Crippen LogP contribution in [0.2, 0.25) is 0 Å². The van der Waals surface area contributed by atoms with Crippen molar-refractivity contribution in [2.45, 2.75) is 17.9 Å². The summed E-state index contributed by atoms with van der Waals surface area (Å²) in [4.78, 5) is 0.107. The van der Waals surface area contributed by atoms with Crippen molar-refractivity contribution in [1.29, 1.82) is 0 Å². The Bertz CT molecular complexity index is 549. The lowest BCUT2D eigenvalue weighted by Crippen LogP contribution is -2.29. The highest BCUT2D eigenvalue weighted by molar-refractivity contribution is 7.86. The number of benzene rings is 1. The second kappa shape index (κ2) is 9.53. The molecular weight excluding hydrogens is 304 g/mol. The van der Waals surface area contributed by atoms with E-state index in [-0.39, 0.29) is 18.1 Å². The van der Waals surface area contributed by atoms with Crippen LogP contribution in [0.5, 0.6) is 0 Å². The molecule has 1 aromatic rings. The SMILES string of the molecule is C=CCOCC(COCC=C)OS(=O)(=O)c1ccc(C)cc1. The Kier molecular flexibility index (Phi) is 8.05. The maximum Gasteiger partial charge on any atom is 0.297 e. The van der Waals surface area contributed by atoms with Gasteiger partial charge in [0.25, 0.3) is 10.1 Å². The van der Waals surface area contributed by atoms with Crippen LogP contribution in [0.25, 0.3) is 0 Å². The van der Waals surface area contributed by atoms with Gasteiger partial charge in [-0.2, -0.15) is 8.42 Å². The topological polar surface area (TPSA) is 61.8 Å². The average Bonchev–Trinajstić information content (AvgIpc) is 2.47. The summed E-state index contributed by atoms with van der Waals surface area (Å²) in [5, 5.41) is 0. The molecule has 5 nitrogen and oxygen atoms in total. The van der Waals surface area contributed by atoms with Gasteiger partial charge in [0, 0.05) is 0 Å². The fourth-order valence-corrected chi connectivity index (χ4v) is 2.66. The van der Waals surface area contributed by atoms with E-state index in [1.807, 2.05) is 6.92 Å². The smallest absolute Gasteiger partial charge is 0.297 e. The summed E-state index contributed by atoms with van der Waals surface area (Å²) in [5.41, 5.74) is 0.971. The third kappa shape index (κ3) is 6.53. The first-order chi connectivity index (χ1) is 10.5. The van der Waals surface area contributed by atoms with Crippen molar-refractivity contribution in [3.05, 3.63) is 55.1 Å². The molecule has 122 valence electrons. The normalized spacial score (nSPS) is 11.5. The van der Waals surface area contributed by atoms with Crippen molar-refractivity contribution in [3.63, 3.8) is 0 Å². The van der Waals surface area contributed by atoms with Crippen LogP contribution in [0, 0.1) is 6.92 Å². The second-order valence-corrected chi connectivity index (χ2v) is 6.21. The molecular formula is C16H22O5S. The Morgan fingerprint density at radius 1 is 1.05 bits per heavy atom. The second-order valence-electron chi connectivity index (χ2n) is 4.64. The molecule has 0 atom stereocenters. The van der Waals surface area contributed by atoms with Gasteiger partial charge in [-0.25, -0.2) is 0 Å². The molecule has 0 aliphatic heterocycles. The van der Waals surface area contributed by atoms with Gasteiger partial charge >= 0.3 is 0 Å². The fourth-order valence-electron chi connectivity index (χ4n) is 1.61. The lowest BCUT2D eigenvalue weighted by molar-refractivity contribution is 0.0101. The zero-order valence-corrected chi connectivity index (χ0v) is 13.6. The summed E-state index contributed by atoms with van der Waals surface area (Å²) in [6.07, 6.45) is 2.43. The van der Waals surface area contributed by atoms with Gasteiger partial charge in [0.15, 0.2) is 0 Å². The molecule has 1 aromatic carbocycles. The number of aryl methyl sites for hydroxylation is 1. The molecule has 0 N–H and O–H groups in total. The maximum absolute atomic E-state index is 12.2. The third-order valence-electron chi connectivity index (χ3n) is 2.65. The molecule has 22 heavy (non-hydrogen) atoms. The van der Waals surface area contributed by atoms with Crippen molar-refractivity contribution in [2.24, 2.45) is 0 Å². The first-order valence-electron chi connectivity index (χ1n) is 6.87. The van der Waals surface area contributed by atoms with Crippen LogP contribution in [-0.2, 0) is 23.8 Å². The summed E-state index contributed by atoms with van der Waals surface area (Å²) < 4.78 is 40.2. The van der Waals surface area contributed by atoms with Gasteiger partial charge in [-0.15, -0.1) is 13.2 Å². The van der Waals surface area contributed by atoms with E-state index in [2.05, 4.69) is 13.2 Å². The van der Waals surface area contributed by atoms with Crippen LogP contribution < -0.4 is 0 Å². The molecule has 0 unspecified atom stereocenters. The van der Waals surface area contributed by atoms with Gasteiger partial charge in [0.2, 0.25) is 0 Å². The minimum Gasteiger partial charge on any atom is -0.375 e. The molecule has 0 bridgehead atoms. The predicted octanol–water partition coefficient (Wildman–Crippen LogP) is 2.47. The van der Waals surface area contributed by atoms with Gasteiger partial charge in [-0.3, -0.25) is 4.18 Å². The van der Waals surface area contributed by atoms with Gasteiger partial charge in [0.1, 0.15) is 6.10 Å². The first-order valence-corrected chi connectivity index (χ1v) is 8.27. The molecule has 6 heteroatoms. The van der Waals surface area contributed by atoms with Crippen LogP contribution in [0.1, 0.15) is 5.56 Å². The van der Waals surface area contributed by atoms with E-state index >= 15 is 0 Å². The van der Waals surface area contributed by atoms with Crippen LogP contribution in [0.4, 0.5) is 0 Å². The molecule has 0 aromatic heterocycles. The molecule has 0 fully saturated rings. The molecule has 1 rings (SSSR count). The first kappa shape index (κ1) is 18.6. The van der Waals surface area contributed by atoms with E-state index in [0.717, 1.165) is 5.56 Å². The quantitative estimate of drug-likeness (QED) is 0.355. The minimum atomic E-state index is -3.86. The molecule has 0 saturated heterocycles. The van der Waals surface area contributed by atoms with Crippen molar-refractivity contribution >= 4 is 10.1 Å². The Morgan fingerprint density at radius 2 is 1.55 bits per heavy atom. The Morgan fingerprint density at radius 3 is 2.00 bits per heavy atom. The van der Waals surface area contributed by atoms with Gasteiger partial charge < -0.3 is 9.47 Å². The number of ether oxygens (including phenoxy) is 2. The van der Waals surface area contributed by atoms with Crippen LogP contribution in [0.15, 0.2) is 54.5 Å². The molecule has 0 radical (unpaired) electrons. The molecule has 0 aliphatic carbocycles. The summed E-state index contributed by atoms with van der Waals surface area (Å²) in [5.74, 6) is 0. The Labute approximate surface area is 132 Å². The lowest BCUT2D eigenvalue weighted by atomic mass is 10.2. The number of rotatable bonds is 11. The number of hydrogen-bond acceptors (Lipinski definition) is 5. The van der Waals surface area contributed by atoms with Crippen molar-refractivity contribution in [1.82, 2.24) is 0 Å². The van der Waals surface area contributed by atoms with E-state index in [4.69, 9.17) is 13.7 Å². The Hall–Kier alpha value is -1.47. The predicted molar refractivity (Wildman–Crippen MR) is 85.3 cm³/mol. The molecule has 0 saturated carbocycles. The standard InChI is InChI=1S/C16H22O5S/c1-4-10-19-12-15(13-20-11-5-2)21-22(17,18)16-8-6-14(3)7-9-16/h4-9,15H,1-2,10-13H2,3H3. The zero-order chi connectivity index (χ0) is 16.4. The molecule has 0 heterocycles. The highest BCUT2D eigenvalue weighted by Gasteiger charge is 2.22. The van der Waals surface area contributed by atoms with Crippen molar-refractivity contribution in [2.75, 3.05) is 26.4 Å². The fraction of sp³-hybridized carbons (Fsp3) is 0.375. The summed E-state index contributed by atoms with van der Waals surface area (Å²) >= 11 is 0. The third-order valence-corrected chi connectivity index (χ3v) is 4.03. The van der Waals surface area contributed by atoms with Gasteiger partial charge in [-0.05, 0) is 19.1 Å². The summed E-state index contributed by atoms with van der Waals surface area (Å²) in [7, 11) is -3.86. The highest BCUT2D eigenvalue weighted by Crippen LogP contribution is 2.15. The van der Waals surface area contributed by atoms with E-state index in [1.54, 1.807) is 24.3 Å².